The van der Waals surface area contributed by atoms with Gasteiger partial charge in [-0.25, -0.2) is 4.79 Å². The Labute approximate surface area is 184 Å². The summed E-state index contributed by atoms with van der Waals surface area (Å²) < 4.78 is 10.6. The molecule has 0 radical (unpaired) electrons. The lowest BCUT2D eigenvalue weighted by molar-refractivity contribution is -0.137. The van der Waals surface area contributed by atoms with Crippen LogP contribution < -0.4 is 4.74 Å². The maximum Gasteiger partial charge on any atom is 0.330 e. The molecule has 0 bridgehead atoms. The van der Waals surface area contributed by atoms with E-state index in [9.17, 15) is 9.59 Å². The quantitative estimate of drug-likeness (QED) is 0.185. The Morgan fingerprint density at radius 1 is 0.828 bits per heavy atom. The van der Waals surface area contributed by atoms with Gasteiger partial charge < -0.3 is 9.47 Å². The van der Waals surface area contributed by atoms with Gasteiger partial charge in [0.05, 0.1) is 6.61 Å². The second-order valence-corrected chi connectivity index (χ2v) is 8.90. The molecule has 0 atom stereocenters. The second kappa shape index (κ2) is 13.2. The Hall–Kier alpha value is -2.09. The highest BCUT2D eigenvalue weighted by Crippen LogP contribution is 2.30. The molecular formula is C22H22O4S3. The van der Waals surface area contributed by atoms with Gasteiger partial charge in [-0.1, -0.05) is 36.7 Å². The van der Waals surface area contributed by atoms with E-state index < -0.39 is 5.97 Å². The van der Waals surface area contributed by atoms with Crippen LogP contribution in [0.15, 0.2) is 88.5 Å². The van der Waals surface area contributed by atoms with Crippen molar-refractivity contribution in [3.05, 3.63) is 73.8 Å². The minimum absolute atomic E-state index is 0.0408. The van der Waals surface area contributed by atoms with Crippen LogP contribution in [-0.4, -0.2) is 35.8 Å². The number of thioether (sulfide) groups is 2. The van der Waals surface area contributed by atoms with Gasteiger partial charge in [-0.3, -0.25) is 4.79 Å². The van der Waals surface area contributed by atoms with Gasteiger partial charge in [0.2, 0.25) is 5.12 Å². The van der Waals surface area contributed by atoms with Crippen LogP contribution in [0, 0.1) is 0 Å². The summed E-state index contributed by atoms with van der Waals surface area (Å²) in [7, 11) is 0. The molecule has 0 saturated heterocycles. The summed E-state index contributed by atoms with van der Waals surface area (Å²) in [5.41, 5.74) is 0. The lowest BCUT2D eigenvalue weighted by atomic mass is 10.3. The Morgan fingerprint density at radius 2 is 1.45 bits per heavy atom. The molecule has 2 rings (SSSR count). The molecule has 0 unspecified atom stereocenters. The predicted molar refractivity (Wildman–Crippen MR) is 122 cm³/mol. The molecule has 0 fully saturated rings. The fraction of sp³-hybridized carbons (Fsp3) is 0.182. The van der Waals surface area contributed by atoms with E-state index in [1.807, 2.05) is 24.3 Å². The monoisotopic (exact) mass is 446 g/mol. The van der Waals surface area contributed by atoms with E-state index in [0.29, 0.717) is 24.7 Å². The Kier molecular flexibility index (Phi) is 10.5. The molecule has 0 aromatic heterocycles. The van der Waals surface area contributed by atoms with Crippen LogP contribution >= 0.6 is 35.3 Å². The maximum absolute atomic E-state index is 11.1. The molecule has 0 spiro atoms. The molecule has 29 heavy (non-hydrogen) atoms. The smallest absolute Gasteiger partial charge is 0.330 e. The first-order valence-corrected chi connectivity index (χ1v) is 11.6. The van der Waals surface area contributed by atoms with Crippen molar-refractivity contribution in [1.82, 2.24) is 0 Å². The van der Waals surface area contributed by atoms with E-state index in [2.05, 4.69) is 37.4 Å². The topological polar surface area (TPSA) is 52.6 Å². The van der Waals surface area contributed by atoms with Crippen molar-refractivity contribution in [2.24, 2.45) is 0 Å². The van der Waals surface area contributed by atoms with Crippen molar-refractivity contribution < 1.29 is 19.1 Å². The van der Waals surface area contributed by atoms with Crippen LogP contribution in [-0.2, 0) is 14.3 Å². The summed E-state index contributed by atoms with van der Waals surface area (Å²) in [4.78, 5) is 25.5. The third-order valence-corrected chi connectivity index (χ3v) is 6.22. The average Bonchev–Trinajstić information content (AvgIpc) is 2.76. The first-order chi connectivity index (χ1) is 14.1. The zero-order valence-corrected chi connectivity index (χ0v) is 18.3. The minimum atomic E-state index is -0.393. The Bertz CT molecular complexity index is 747. The van der Waals surface area contributed by atoms with Gasteiger partial charge in [0.15, 0.2) is 0 Å². The first kappa shape index (κ1) is 23.2. The number of esters is 1. The van der Waals surface area contributed by atoms with Crippen molar-refractivity contribution in [3.8, 4) is 5.75 Å². The van der Waals surface area contributed by atoms with Crippen LogP contribution in [0.1, 0.15) is 0 Å². The average molecular weight is 447 g/mol. The third kappa shape index (κ3) is 9.30. The molecule has 0 N–H and O–H groups in total. The number of benzene rings is 2. The standard InChI is InChI=1S/C22H22O4S3/c1-3-21(23)26-14-15-27-18-9-11-20(12-10-18)29-19-7-5-17(6-8-19)25-13-16-28-22(24)4-2/h3-12H,1-2,13-16H2. The summed E-state index contributed by atoms with van der Waals surface area (Å²) in [6.07, 6.45) is 2.48. The number of hydrogen-bond donors (Lipinski definition) is 0. The van der Waals surface area contributed by atoms with Crippen LogP contribution in [0.25, 0.3) is 0 Å². The molecule has 4 nitrogen and oxygen atoms in total. The van der Waals surface area contributed by atoms with Crippen LogP contribution in [0.4, 0.5) is 0 Å². The van der Waals surface area contributed by atoms with E-state index in [0.717, 1.165) is 20.4 Å². The van der Waals surface area contributed by atoms with Crippen molar-refractivity contribution >= 4 is 46.4 Å². The second-order valence-electron chi connectivity index (χ2n) is 5.49. The van der Waals surface area contributed by atoms with Gasteiger partial charge in [-0.15, -0.1) is 11.8 Å². The summed E-state index contributed by atoms with van der Waals surface area (Å²) in [5, 5.41) is -0.0408. The van der Waals surface area contributed by atoms with Crippen molar-refractivity contribution in [2.45, 2.75) is 14.7 Å². The Balaban J connectivity index is 1.73. The third-order valence-electron chi connectivity index (χ3n) is 3.41. The predicted octanol–water partition coefficient (Wildman–Crippen LogP) is 5.48. The van der Waals surface area contributed by atoms with Gasteiger partial charge >= 0.3 is 5.97 Å². The van der Waals surface area contributed by atoms with Gasteiger partial charge in [-0.05, 0) is 54.6 Å². The van der Waals surface area contributed by atoms with E-state index in [-0.39, 0.29) is 5.12 Å². The molecule has 0 aliphatic carbocycles. The van der Waals surface area contributed by atoms with E-state index in [1.165, 1.54) is 23.9 Å². The molecule has 152 valence electrons. The SMILES string of the molecule is C=CC(=O)OCCSc1ccc(Sc2ccc(OCCSC(=O)C=C)cc2)cc1. The van der Waals surface area contributed by atoms with Crippen LogP contribution in [0.3, 0.4) is 0 Å². The molecule has 0 aliphatic rings. The molecule has 2 aromatic carbocycles. The fourth-order valence-electron chi connectivity index (χ4n) is 2.07. The number of carbonyl (C=O) groups is 2. The maximum atomic E-state index is 11.1. The number of ether oxygens (including phenoxy) is 2. The van der Waals surface area contributed by atoms with Gasteiger partial charge in [0.1, 0.15) is 12.4 Å². The van der Waals surface area contributed by atoms with Crippen LogP contribution in [0.2, 0.25) is 0 Å². The van der Waals surface area contributed by atoms with E-state index >= 15 is 0 Å². The molecule has 2 aromatic rings. The highest BCUT2D eigenvalue weighted by molar-refractivity contribution is 8.14. The van der Waals surface area contributed by atoms with Gasteiger partial charge in [-0.2, -0.15) is 0 Å². The zero-order valence-electron chi connectivity index (χ0n) is 15.9. The van der Waals surface area contributed by atoms with Crippen LogP contribution in [0.5, 0.6) is 5.75 Å². The van der Waals surface area contributed by atoms with E-state index in [4.69, 9.17) is 9.47 Å². The summed E-state index contributed by atoms with van der Waals surface area (Å²) >= 11 is 4.50. The first-order valence-electron chi connectivity index (χ1n) is 8.82. The Morgan fingerprint density at radius 3 is 2.07 bits per heavy atom. The number of rotatable bonds is 12. The fourth-order valence-corrected chi connectivity index (χ4v) is 4.10. The van der Waals surface area contributed by atoms with Gasteiger partial charge in [0, 0.05) is 32.3 Å². The normalized spacial score (nSPS) is 10.2. The number of carbonyl (C=O) groups excluding carboxylic acids is 2. The largest absolute Gasteiger partial charge is 0.493 e. The lowest BCUT2D eigenvalue weighted by Crippen LogP contribution is -2.03. The van der Waals surface area contributed by atoms with Gasteiger partial charge in [0.25, 0.3) is 0 Å². The van der Waals surface area contributed by atoms with Crippen molar-refractivity contribution in [2.75, 3.05) is 24.7 Å². The molecule has 7 heteroatoms. The minimum Gasteiger partial charge on any atom is -0.493 e. The van der Waals surface area contributed by atoms with Crippen molar-refractivity contribution in [3.63, 3.8) is 0 Å². The zero-order chi connectivity index (χ0) is 20.9. The number of hydrogen-bond acceptors (Lipinski definition) is 7. The molecule has 0 saturated carbocycles. The molecule has 0 amide bonds. The summed E-state index contributed by atoms with van der Waals surface area (Å²) in [5.74, 6) is 1.69. The molecule has 0 aliphatic heterocycles. The van der Waals surface area contributed by atoms with Crippen molar-refractivity contribution in [1.29, 1.82) is 0 Å². The summed E-state index contributed by atoms with van der Waals surface area (Å²) in [6.45, 7) is 7.64. The highest BCUT2D eigenvalue weighted by atomic mass is 32.2. The summed E-state index contributed by atoms with van der Waals surface area (Å²) in [6, 6.07) is 16.1. The molecular weight excluding hydrogens is 424 g/mol. The highest BCUT2D eigenvalue weighted by Gasteiger charge is 2.02. The lowest BCUT2D eigenvalue weighted by Gasteiger charge is -2.07. The van der Waals surface area contributed by atoms with E-state index in [1.54, 1.807) is 23.5 Å². The molecule has 0 heterocycles.